The van der Waals surface area contributed by atoms with E-state index < -0.39 is 0 Å². The quantitative estimate of drug-likeness (QED) is 0.896. The molecule has 1 fully saturated rings. The molecule has 1 saturated heterocycles. The molecule has 0 bridgehead atoms. The van der Waals surface area contributed by atoms with Gasteiger partial charge in [0.25, 0.3) is 5.91 Å². The second-order valence-electron chi connectivity index (χ2n) is 4.82. The maximum Gasteiger partial charge on any atom is 0.257 e. The standard InChI is InChI=1S/C14H18ClNO3/c15-10-4-5-12(13(18)9-10)14(19)16-7-2-1-3-11(16)6-8-17/h4-5,9,11,17-18H,1-3,6-8H2. The monoisotopic (exact) mass is 283 g/mol. The third-order valence-electron chi connectivity index (χ3n) is 3.54. The van der Waals surface area contributed by atoms with Crippen molar-refractivity contribution in [2.75, 3.05) is 13.2 Å². The molecular weight excluding hydrogens is 266 g/mol. The lowest BCUT2D eigenvalue weighted by Gasteiger charge is -2.35. The zero-order valence-electron chi connectivity index (χ0n) is 10.7. The molecule has 1 aromatic carbocycles. The molecule has 2 rings (SSSR count). The number of aliphatic hydroxyl groups is 1. The van der Waals surface area contributed by atoms with E-state index in [1.165, 1.54) is 6.07 Å². The molecule has 1 aromatic rings. The molecule has 0 aliphatic carbocycles. The zero-order chi connectivity index (χ0) is 13.8. The number of aliphatic hydroxyl groups excluding tert-OH is 1. The van der Waals surface area contributed by atoms with Gasteiger partial charge in [0.1, 0.15) is 5.75 Å². The van der Waals surface area contributed by atoms with Crippen LogP contribution in [0, 0.1) is 0 Å². The Kier molecular flexibility index (Phi) is 4.66. The fourth-order valence-corrected chi connectivity index (χ4v) is 2.72. The van der Waals surface area contributed by atoms with Crippen LogP contribution in [0.5, 0.6) is 5.75 Å². The molecule has 1 aliphatic rings. The Morgan fingerprint density at radius 2 is 2.21 bits per heavy atom. The topological polar surface area (TPSA) is 60.8 Å². The Balaban J connectivity index is 2.21. The lowest BCUT2D eigenvalue weighted by molar-refractivity contribution is 0.0572. The summed E-state index contributed by atoms with van der Waals surface area (Å²) in [6.45, 7) is 0.743. The van der Waals surface area contributed by atoms with Gasteiger partial charge in [-0.05, 0) is 43.9 Å². The van der Waals surface area contributed by atoms with E-state index in [2.05, 4.69) is 0 Å². The molecular formula is C14H18ClNO3. The van der Waals surface area contributed by atoms with E-state index >= 15 is 0 Å². The van der Waals surface area contributed by atoms with Crippen LogP contribution in [0.15, 0.2) is 18.2 Å². The summed E-state index contributed by atoms with van der Waals surface area (Å²) in [5.74, 6) is -0.280. The van der Waals surface area contributed by atoms with Gasteiger partial charge in [-0.3, -0.25) is 4.79 Å². The van der Waals surface area contributed by atoms with Gasteiger partial charge in [-0.2, -0.15) is 0 Å². The summed E-state index contributed by atoms with van der Waals surface area (Å²) in [7, 11) is 0. The first-order valence-corrected chi connectivity index (χ1v) is 6.91. The van der Waals surface area contributed by atoms with Crippen LogP contribution in [0.3, 0.4) is 0 Å². The van der Waals surface area contributed by atoms with Gasteiger partial charge >= 0.3 is 0 Å². The summed E-state index contributed by atoms with van der Waals surface area (Å²) < 4.78 is 0. The highest BCUT2D eigenvalue weighted by Gasteiger charge is 2.28. The molecule has 19 heavy (non-hydrogen) atoms. The van der Waals surface area contributed by atoms with Crippen LogP contribution in [-0.4, -0.2) is 40.2 Å². The van der Waals surface area contributed by atoms with Crippen LogP contribution < -0.4 is 0 Å². The summed E-state index contributed by atoms with van der Waals surface area (Å²) in [5.41, 5.74) is 0.272. The molecule has 1 aliphatic heterocycles. The second-order valence-corrected chi connectivity index (χ2v) is 5.26. The number of hydrogen-bond acceptors (Lipinski definition) is 3. The van der Waals surface area contributed by atoms with Gasteiger partial charge in [0, 0.05) is 24.2 Å². The van der Waals surface area contributed by atoms with Gasteiger partial charge in [0.05, 0.1) is 5.56 Å². The Hall–Kier alpha value is -1.26. The van der Waals surface area contributed by atoms with Crippen molar-refractivity contribution in [1.82, 2.24) is 4.90 Å². The van der Waals surface area contributed by atoms with Gasteiger partial charge in [-0.1, -0.05) is 11.6 Å². The summed E-state index contributed by atoms with van der Waals surface area (Å²) in [5, 5.41) is 19.3. The smallest absolute Gasteiger partial charge is 0.257 e. The number of phenolic OH excluding ortho intramolecular Hbond substituents is 1. The maximum absolute atomic E-state index is 12.5. The zero-order valence-corrected chi connectivity index (χ0v) is 11.4. The summed E-state index contributed by atoms with van der Waals surface area (Å²) in [4.78, 5) is 14.2. The molecule has 1 unspecified atom stereocenters. The van der Waals surface area contributed by atoms with Crippen LogP contribution in [0.1, 0.15) is 36.0 Å². The molecule has 5 heteroatoms. The number of rotatable bonds is 3. The van der Waals surface area contributed by atoms with Gasteiger partial charge in [0.15, 0.2) is 0 Å². The number of aromatic hydroxyl groups is 1. The highest BCUT2D eigenvalue weighted by Crippen LogP contribution is 2.27. The molecule has 4 nitrogen and oxygen atoms in total. The van der Waals surface area contributed by atoms with Gasteiger partial charge in [-0.15, -0.1) is 0 Å². The third kappa shape index (κ3) is 3.19. The first-order valence-electron chi connectivity index (χ1n) is 6.54. The Bertz CT molecular complexity index is 462. The van der Waals surface area contributed by atoms with Crippen LogP contribution in [0.2, 0.25) is 5.02 Å². The Morgan fingerprint density at radius 3 is 2.89 bits per heavy atom. The largest absolute Gasteiger partial charge is 0.507 e. The lowest BCUT2D eigenvalue weighted by atomic mass is 9.98. The van der Waals surface area contributed by atoms with E-state index in [0.29, 0.717) is 18.0 Å². The predicted molar refractivity (Wildman–Crippen MR) is 73.5 cm³/mol. The van der Waals surface area contributed by atoms with E-state index in [-0.39, 0.29) is 29.9 Å². The van der Waals surface area contributed by atoms with Crippen molar-refractivity contribution in [3.8, 4) is 5.75 Å². The minimum Gasteiger partial charge on any atom is -0.507 e. The summed E-state index contributed by atoms with van der Waals surface area (Å²) >= 11 is 5.77. The highest BCUT2D eigenvalue weighted by atomic mass is 35.5. The fraction of sp³-hybridized carbons (Fsp3) is 0.500. The molecule has 0 spiro atoms. The Labute approximate surface area is 117 Å². The van der Waals surface area contributed by atoms with Crippen molar-refractivity contribution in [3.05, 3.63) is 28.8 Å². The molecule has 0 aromatic heterocycles. The predicted octanol–water partition coefficient (Wildman–Crippen LogP) is 2.42. The van der Waals surface area contributed by atoms with E-state index in [1.54, 1.807) is 17.0 Å². The SMILES string of the molecule is O=C(c1ccc(Cl)cc1O)N1CCCCC1CCO. The summed E-state index contributed by atoms with van der Waals surface area (Å²) in [6.07, 6.45) is 3.52. The number of nitrogens with zero attached hydrogens (tertiary/aromatic N) is 1. The molecule has 2 N–H and O–H groups in total. The minimum absolute atomic E-state index is 0.0568. The van der Waals surface area contributed by atoms with Crippen molar-refractivity contribution in [3.63, 3.8) is 0 Å². The van der Waals surface area contributed by atoms with E-state index in [0.717, 1.165) is 19.3 Å². The maximum atomic E-state index is 12.5. The lowest BCUT2D eigenvalue weighted by Crippen LogP contribution is -2.44. The van der Waals surface area contributed by atoms with Crippen molar-refractivity contribution in [2.24, 2.45) is 0 Å². The number of carbonyl (C=O) groups excluding carboxylic acids is 1. The minimum atomic E-state index is -0.188. The Morgan fingerprint density at radius 1 is 1.42 bits per heavy atom. The first-order chi connectivity index (χ1) is 9.13. The van der Waals surface area contributed by atoms with Crippen LogP contribution in [0.4, 0.5) is 0 Å². The number of amides is 1. The number of carbonyl (C=O) groups is 1. The van der Waals surface area contributed by atoms with Crippen LogP contribution in [-0.2, 0) is 0 Å². The number of piperidine rings is 1. The second kappa shape index (κ2) is 6.26. The van der Waals surface area contributed by atoms with Gasteiger partial charge < -0.3 is 15.1 Å². The number of phenols is 1. The van der Waals surface area contributed by atoms with E-state index in [1.807, 2.05) is 0 Å². The average molecular weight is 284 g/mol. The van der Waals surface area contributed by atoms with E-state index in [4.69, 9.17) is 16.7 Å². The normalized spacial score (nSPS) is 19.5. The summed E-state index contributed by atoms with van der Waals surface area (Å²) in [6, 6.07) is 4.57. The number of halogens is 1. The average Bonchev–Trinajstić information content (AvgIpc) is 2.39. The van der Waals surface area contributed by atoms with Gasteiger partial charge in [-0.25, -0.2) is 0 Å². The van der Waals surface area contributed by atoms with Crippen molar-refractivity contribution in [1.29, 1.82) is 0 Å². The van der Waals surface area contributed by atoms with Crippen molar-refractivity contribution >= 4 is 17.5 Å². The molecule has 0 saturated carbocycles. The first kappa shape index (κ1) is 14.2. The van der Waals surface area contributed by atoms with E-state index in [9.17, 15) is 9.90 Å². The molecule has 1 amide bonds. The highest BCUT2D eigenvalue weighted by molar-refractivity contribution is 6.30. The molecule has 0 radical (unpaired) electrons. The molecule has 1 heterocycles. The molecule has 104 valence electrons. The van der Waals surface area contributed by atoms with Gasteiger partial charge in [0.2, 0.25) is 0 Å². The van der Waals surface area contributed by atoms with Crippen molar-refractivity contribution in [2.45, 2.75) is 31.7 Å². The number of hydrogen-bond donors (Lipinski definition) is 2. The van der Waals surface area contributed by atoms with Crippen LogP contribution >= 0.6 is 11.6 Å². The number of benzene rings is 1. The van der Waals surface area contributed by atoms with Crippen molar-refractivity contribution < 1.29 is 15.0 Å². The fourth-order valence-electron chi connectivity index (χ4n) is 2.56. The third-order valence-corrected chi connectivity index (χ3v) is 3.78. The number of likely N-dealkylation sites (tertiary alicyclic amines) is 1. The van der Waals surface area contributed by atoms with Crippen LogP contribution in [0.25, 0.3) is 0 Å². The molecule has 1 atom stereocenters.